The number of amides is 2. The van der Waals surface area contributed by atoms with Gasteiger partial charge in [-0.3, -0.25) is 4.79 Å². The number of hydrogen-bond donors (Lipinski definition) is 2. The van der Waals surface area contributed by atoms with Crippen molar-refractivity contribution in [2.75, 3.05) is 0 Å². The van der Waals surface area contributed by atoms with Crippen LogP contribution in [0.25, 0.3) is 11.2 Å². The molecule has 1 unspecified atom stereocenters. The minimum absolute atomic E-state index is 0.0148. The maximum atomic E-state index is 13.5. The largest absolute Gasteiger partial charge is 0.444 e. The molecule has 0 radical (unpaired) electrons. The van der Waals surface area contributed by atoms with E-state index in [1.54, 1.807) is 50.7 Å². The second kappa shape index (κ2) is 9.70. The molecular formula is C23H26F3N5O3. The number of alkyl halides is 3. The van der Waals surface area contributed by atoms with Gasteiger partial charge in [0.15, 0.2) is 5.65 Å². The molecule has 11 heteroatoms. The lowest BCUT2D eigenvalue weighted by molar-refractivity contribution is -0.138. The standard InChI is InChI=1S/C23H26F3N5O3/c1-22(2,3)34-21(33)30-17(12-14-8-5-6-9-15(14)23(24,25)26)20(32)28-13-18-29-16-10-7-11-27-19(16)31(18)4/h5-11,17H,12-13H2,1-4H3,(H,28,32)(H,30,33). The second-order valence-corrected chi connectivity index (χ2v) is 8.71. The van der Waals surface area contributed by atoms with E-state index in [9.17, 15) is 22.8 Å². The van der Waals surface area contributed by atoms with Crippen molar-refractivity contribution in [2.24, 2.45) is 7.05 Å². The Bertz CT molecular complexity index is 1180. The van der Waals surface area contributed by atoms with Crippen molar-refractivity contribution < 1.29 is 27.5 Å². The van der Waals surface area contributed by atoms with Gasteiger partial charge >= 0.3 is 12.3 Å². The van der Waals surface area contributed by atoms with Gasteiger partial charge in [0, 0.05) is 19.7 Å². The van der Waals surface area contributed by atoms with Gasteiger partial charge in [-0.25, -0.2) is 14.8 Å². The van der Waals surface area contributed by atoms with Crippen LogP contribution in [-0.2, 0) is 35.7 Å². The average molecular weight is 477 g/mol. The lowest BCUT2D eigenvalue weighted by Gasteiger charge is -2.24. The van der Waals surface area contributed by atoms with Crippen LogP contribution in [0.5, 0.6) is 0 Å². The fraction of sp³-hybridized carbons (Fsp3) is 0.391. The topological polar surface area (TPSA) is 98.1 Å². The SMILES string of the molecule is Cn1c(CNC(=O)C(Cc2ccccc2C(F)(F)F)NC(=O)OC(C)(C)C)nc2cccnc21. The van der Waals surface area contributed by atoms with Crippen LogP contribution in [0.2, 0.25) is 0 Å². The minimum Gasteiger partial charge on any atom is -0.444 e. The summed E-state index contributed by atoms with van der Waals surface area (Å²) >= 11 is 0. The van der Waals surface area contributed by atoms with Crippen LogP contribution in [0.1, 0.15) is 37.7 Å². The van der Waals surface area contributed by atoms with Gasteiger partial charge in [-0.05, 0) is 44.5 Å². The summed E-state index contributed by atoms with van der Waals surface area (Å²) in [6.45, 7) is 4.90. The van der Waals surface area contributed by atoms with Crippen molar-refractivity contribution in [3.8, 4) is 0 Å². The zero-order chi connectivity index (χ0) is 25.1. The van der Waals surface area contributed by atoms with Gasteiger partial charge in [0.05, 0.1) is 12.1 Å². The number of pyridine rings is 1. The Morgan fingerprint density at radius 3 is 2.47 bits per heavy atom. The molecule has 8 nitrogen and oxygen atoms in total. The predicted octanol–water partition coefficient (Wildman–Crippen LogP) is 3.74. The summed E-state index contributed by atoms with van der Waals surface area (Å²) in [6, 6.07) is 7.11. The number of rotatable bonds is 6. The van der Waals surface area contributed by atoms with E-state index in [1.807, 2.05) is 0 Å². The number of aromatic nitrogens is 3. The molecule has 0 spiro atoms. The summed E-state index contributed by atoms with van der Waals surface area (Å²) in [5.41, 5.74) is -0.598. The number of alkyl carbamates (subject to hydrolysis) is 1. The molecule has 2 heterocycles. The average Bonchev–Trinajstić information content (AvgIpc) is 3.05. The molecule has 2 amide bonds. The minimum atomic E-state index is -4.61. The molecule has 0 saturated carbocycles. The Balaban J connectivity index is 1.82. The number of carbonyl (C=O) groups excluding carboxylic acids is 2. The number of nitrogens with one attached hydrogen (secondary N) is 2. The number of fused-ring (bicyclic) bond motifs is 1. The second-order valence-electron chi connectivity index (χ2n) is 8.71. The van der Waals surface area contributed by atoms with Crippen LogP contribution in [0, 0.1) is 0 Å². The van der Waals surface area contributed by atoms with Gasteiger partial charge in [-0.15, -0.1) is 0 Å². The van der Waals surface area contributed by atoms with Gasteiger partial charge in [0.2, 0.25) is 5.91 Å². The molecule has 0 aliphatic heterocycles. The molecule has 0 bridgehead atoms. The van der Waals surface area contributed by atoms with E-state index in [0.29, 0.717) is 17.0 Å². The molecule has 0 aliphatic rings. The van der Waals surface area contributed by atoms with Gasteiger partial charge in [-0.2, -0.15) is 13.2 Å². The maximum Gasteiger partial charge on any atom is 0.416 e. The van der Waals surface area contributed by atoms with E-state index < -0.39 is 35.4 Å². The van der Waals surface area contributed by atoms with Gasteiger partial charge < -0.3 is 19.9 Å². The van der Waals surface area contributed by atoms with E-state index in [0.717, 1.165) is 6.07 Å². The number of ether oxygens (including phenoxy) is 1. The number of carbonyl (C=O) groups is 2. The normalized spacial score (nSPS) is 12.9. The Labute approximate surface area is 194 Å². The number of nitrogens with zero attached hydrogens (tertiary/aromatic N) is 3. The van der Waals surface area contributed by atoms with Crippen LogP contribution in [0.15, 0.2) is 42.6 Å². The fourth-order valence-electron chi connectivity index (χ4n) is 3.37. The zero-order valence-electron chi connectivity index (χ0n) is 19.2. The molecule has 2 N–H and O–H groups in total. The lowest BCUT2D eigenvalue weighted by Crippen LogP contribution is -2.49. The highest BCUT2D eigenvalue weighted by atomic mass is 19.4. The van der Waals surface area contributed by atoms with Gasteiger partial charge in [0.1, 0.15) is 23.0 Å². The summed E-state index contributed by atoms with van der Waals surface area (Å²) in [6.07, 6.45) is -4.29. The molecular weight excluding hydrogens is 451 g/mol. The van der Waals surface area contributed by atoms with Crippen LogP contribution in [-0.4, -0.2) is 38.2 Å². The molecule has 0 saturated heterocycles. The quantitative estimate of drug-likeness (QED) is 0.564. The third kappa shape index (κ3) is 6.24. The predicted molar refractivity (Wildman–Crippen MR) is 119 cm³/mol. The zero-order valence-corrected chi connectivity index (χ0v) is 19.2. The first-order valence-electron chi connectivity index (χ1n) is 10.5. The van der Waals surface area contributed by atoms with Crippen LogP contribution >= 0.6 is 0 Å². The Morgan fingerprint density at radius 2 is 1.82 bits per heavy atom. The van der Waals surface area contributed by atoms with E-state index in [2.05, 4.69) is 20.6 Å². The number of halogens is 3. The summed E-state index contributed by atoms with van der Waals surface area (Å²) < 4.78 is 47.3. The first-order valence-corrected chi connectivity index (χ1v) is 10.5. The van der Waals surface area contributed by atoms with Crippen LogP contribution < -0.4 is 10.6 Å². The molecule has 2 aromatic heterocycles. The van der Waals surface area contributed by atoms with E-state index in [4.69, 9.17) is 4.74 Å². The molecule has 34 heavy (non-hydrogen) atoms. The Hall–Kier alpha value is -3.63. The maximum absolute atomic E-state index is 13.5. The Kier molecular flexibility index (Phi) is 7.13. The highest BCUT2D eigenvalue weighted by Gasteiger charge is 2.34. The van der Waals surface area contributed by atoms with Crippen molar-refractivity contribution >= 4 is 23.2 Å². The third-order valence-corrected chi connectivity index (χ3v) is 4.90. The van der Waals surface area contributed by atoms with E-state index in [-0.39, 0.29) is 18.5 Å². The van der Waals surface area contributed by atoms with Crippen molar-refractivity contribution in [3.05, 3.63) is 59.5 Å². The van der Waals surface area contributed by atoms with E-state index >= 15 is 0 Å². The highest BCUT2D eigenvalue weighted by Crippen LogP contribution is 2.32. The number of imidazole rings is 1. The number of aryl methyl sites for hydroxylation is 1. The molecule has 1 atom stereocenters. The number of hydrogen-bond acceptors (Lipinski definition) is 5. The van der Waals surface area contributed by atoms with Gasteiger partial charge in [-0.1, -0.05) is 18.2 Å². The lowest BCUT2D eigenvalue weighted by atomic mass is 9.99. The monoisotopic (exact) mass is 477 g/mol. The molecule has 1 aromatic carbocycles. The highest BCUT2D eigenvalue weighted by molar-refractivity contribution is 5.86. The van der Waals surface area contributed by atoms with Crippen LogP contribution in [0.3, 0.4) is 0 Å². The van der Waals surface area contributed by atoms with E-state index in [1.165, 1.54) is 18.2 Å². The molecule has 3 aromatic rings. The summed E-state index contributed by atoms with van der Waals surface area (Å²) in [5, 5.41) is 5.04. The van der Waals surface area contributed by atoms with Gasteiger partial charge in [0.25, 0.3) is 0 Å². The third-order valence-electron chi connectivity index (χ3n) is 4.90. The van der Waals surface area contributed by atoms with Crippen molar-refractivity contribution in [1.82, 2.24) is 25.2 Å². The molecule has 0 aliphatic carbocycles. The first kappa shape index (κ1) is 25.0. The molecule has 3 rings (SSSR count). The summed E-state index contributed by atoms with van der Waals surface area (Å²) in [5.74, 6) is -0.184. The summed E-state index contributed by atoms with van der Waals surface area (Å²) in [4.78, 5) is 34.0. The number of benzene rings is 1. The molecule has 182 valence electrons. The van der Waals surface area contributed by atoms with Crippen molar-refractivity contribution in [1.29, 1.82) is 0 Å². The van der Waals surface area contributed by atoms with Crippen molar-refractivity contribution in [2.45, 2.75) is 51.6 Å². The van der Waals surface area contributed by atoms with Crippen molar-refractivity contribution in [3.63, 3.8) is 0 Å². The molecule has 0 fully saturated rings. The smallest absolute Gasteiger partial charge is 0.416 e. The van der Waals surface area contributed by atoms with Crippen LogP contribution in [0.4, 0.5) is 18.0 Å². The Morgan fingerprint density at radius 1 is 1.12 bits per heavy atom. The first-order chi connectivity index (χ1) is 15.8. The summed E-state index contributed by atoms with van der Waals surface area (Å²) in [7, 11) is 1.74. The fourth-order valence-corrected chi connectivity index (χ4v) is 3.37.